The Morgan fingerprint density at radius 2 is 0.922 bits per heavy atom. The summed E-state index contributed by atoms with van der Waals surface area (Å²) in [5, 5.41) is 5.07. The molecular weight excluding hydrogens is 775 g/mol. The highest BCUT2D eigenvalue weighted by Gasteiger charge is 2.53. The molecule has 1 aliphatic heterocycles. The fourth-order valence-corrected chi connectivity index (χ4v) is 11.9. The minimum atomic E-state index is -0.521. The second-order valence-electron chi connectivity index (χ2n) is 17.5. The molecule has 1 atom stereocenters. The van der Waals surface area contributed by atoms with Gasteiger partial charge in [-0.25, -0.2) is 0 Å². The maximum Gasteiger partial charge on any atom is 0.0723 e. The van der Waals surface area contributed by atoms with Gasteiger partial charge in [0.25, 0.3) is 0 Å². The van der Waals surface area contributed by atoms with Gasteiger partial charge in [-0.2, -0.15) is 0 Å². The summed E-state index contributed by atoms with van der Waals surface area (Å²) >= 11 is 0. The van der Waals surface area contributed by atoms with Gasteiger partial charge < -0.3 is 14.0 Å². The summed E-state index contributed by atoms with van der Waals surface area (Å²) in [7, 11) is 0. The van der Waals surface area contributed by atoms with Crippen molar-refractivity contribution in [2.24, 2.45) is 0 Å². The van der Waals surface area contributed by atoms with Crippen molar-refractivity contribution in [3.8, 4) is 22.5 Å². The summed E-state index contributed by atoms with van der Waals surface area (Å²) in [6.45, 7) is 0.695. The Bertz CT molecular complexity index is 3790. The zero-order valence-electron chi connectivity index (χ0n) is 35.1. The van der Waals surface area contributed by atoms with Gasteiger partial charge in [-0.1, -0.05) is 158 Å². The van der Waals surface area contributed by atoms with E-state index in [1.54, 1.807) is 0 Å². The van der Waals surface area contributed by atoms with Crippen molar-refractivity contribution in [2.45, 2.75) is 11.8 Å². The van der Waals surface area contributed by atoms with Crippen LogP contribution in [0.4, 0.5) is 11.4 Å². The molecule has 1 unspecified atom stereocenters. The second kappa shape index (κ2) is 13.4. The van der Waals surface area contributed by atoms with E-state index < -0.39 is 5.41 Å². The first-order chi connectivity index (χ1) is 31.8. The molecule has 11 aromatic rings. The minimum Gasteiger partial charge on any atom is -0.337 e. The molecule has 3 heterocycles. The van der Waals surface area contributed by atoms with Gasteiger partial charge in [0.1, 0.15) is 0 Å². The monoisotopic (exact) mass is 815 g/mol. The van der Waals surface area contributed by atoms with Gasteiger partial charge >= 0.3 is 0 Å². The van der Waals surface area contributed by atoms with Crippen molar-refractivity contribution in [3.63, 3.8) is 0 Å². The standard InChI is InChI=1S/C61H41N3/c1-3-18-41(19-4-1)63-57-29-15-10-24-47(57)49-34-32-43(37-59(49)63)62-36-35-54-46(33-31-40-17-7-14-28-56(40)62)44-22-8-12-26-52(44)61(54)53-27-13-9-23-45(53)50-38-51-48-25-11-16-30-58(48)64(60(51)39-55(50)61)42-20-5-2-6-21-42/h1-30,32-35,37-39H,31,36H2/b46-33?,54-35+. The predicted molar refractivity (Wildman–Crippen MR) is 267 cm³/mol. The van der Waals surface area contributed by atoms with Crippen LogP contribution in [0.2, 0.25) is 0 Å². The SMILES string of the molecule is C1=C2/C(=C\CN(c3ccc4c5ccccc5n(-c5ccccc5)c4c3)c3ccccc3C1)C1(c3ccccc32)c2ccccc2-c2cc3c4ccccc4n(-c4ccccc4)c3cc21. The molecule has 3 aliphatic rings. The highest BCUT2D eigenvalue weighted by atomic mass is 15.1. The van der Waals surface area contributed by atoms with Crippen LogP contribution in [-0.2, 0) is 11.8 Å². The van der Waals surface area contributed by atoms with Gasteiger partial charge in [0, 0.05) is 50.8 Å². The summed E-state index contributed by atoms with van der Waals surface area (Å²) in [5.74, 6) is 0. The van der Waals surface area contributed by atoms with E-state index in [1.165, 1.54) is 111 Å². The highest BCUT2D eigenvalue weighted by molar-refractivity contribution is 6.13. The molecule has 0 radical (unpaired) electrons. The fraction of sp³-hybridized carbons (Fsp3) is 0.0492. The molecule has 64 heavy (non-hydrogen) atoms. The molecule has 14 rings (SSSR count). The molecule has 300 valence electrons. The van der Waals surface area contributed by atoms with E-state index in [2.05, 4.69) is 239 Å². The summed E-state index contributed by atoms with van der Waals surface area (Å²) in [6.07, 6.45) is 5.91. The number of hydrogen-bond donors (Lipinski definition) is 0. The van der Waals surface area contributed by atoms with Gasteiger partial charge in [-0.15, -0.1) is 0 Å². The maximum absolute atomic E-state index is 2.58. The molecule has 2 aliphatic carbocycles. The Kier molecular flexibility index (Phi) is 7.44. The number of nitrogens with zero attached hydrogens (tertiary/aromatic N) is 3. The number of allylic oxidation sites excluding steroid dienone is 3. The Morgan fingerprint density at radius 1 is 0.359 bits per heavy atom. The van der Waals surface area contributed by atoms with Gasteiger partial charge in [0.15, 0.2) is 0 Å². The zero-order valence-corrected chi connectivity index (χ0v) is 35.1. The van der Waals surface area contributed by atoms with Crippen molar-refractivity contribution in [1.82, 2.24) is 9.13 Å². The molecule has 9 aromatic carbocycles. The number of hydrogen-bond acceptors (Lipinski definition) is 1. The maximum atomic E-state index is 2.58. The molecule has 0 saturated carbocycles. The van der Waals surface area contributed by atoms with E-state index >= 15 is 0 Å². The number of rotatable bonds is 3. The molecule has 0 fully saturated rings. The number of benzene rings is 9. The zero-order chi connectivity index (χ0) is 41.9. The molecule has 2 aromatic heterocycles. The van der Waals surface area contributed by atoms with E-state index in [9.17, 15) is 0 Å². The molecule has 0 amide bonds. The number of fused-ring (bicyclic) bond motifs is 17. The van der Waals surface area contributed by atoms with Crippen molar-refractivity contribution in [1.29, 1.82) is 0 Å². The second-order valence-corrected chi connectivity index (χ2v) is 17.5. The van der Waals surface area contributed by atoms with Crippen LogP contribution >= 0.6 is 0 Å². The first-order valence-corrected chi connectivity index (χ1v) is 22.5. The van der Waals surface area contributed by atoms with Crippen LogP contribution in [0.3, 0.4) is 0 Å². The third-order valence-corrected chi connectivity index (χ3v) is 14.4. The fourth-order valence-electron chi connectivity index (χ4n) is 11.9. The number of anilines is 2. The van der Waals surface area contributed by atoms with E-state index in [1.807, 2.05) is 0 Å². The molecule has 3 heteroatoms. The average molecular weight is 816 g/mol. The quantitative estimate of drug-likeness (QED) is 0.173. The third-order valence-electron chi connectivity index (χ3n) is 14.4. The number of aromatic nitrogens is 2. The van der Waals surface area contributed by atoms with E-state index in [-0.39, 0.29) is 0 Å². The largest absolute Gasteiger partial charge is 0.337 e. The smallest absolute Gasteiger partial charge is 0.0723 e. The summed E-state index contributed by atoms with van der Waals surface area (Å²) in [4.78, 5) is 2.56. The van der Waals surface area contributed by atoms with Crippen LogP contribution in [0.5, 0.6) is 0 Å². The van der Waals surface area contributed by atoms with Crippen LogP contribution in [0.25, 0.3) is 71.7 Å². The lowest BCUT2D eigenvalue weighted by atomic mass is 9.70. The normalized spacial score (nSPS) is 17.0. The van der Waals surface area contributed by atoms with Crippen molar-refractivity contribution in [3.05, 3.63) is 258 Å². The van der Waals surface area contributed by atoms with Crippen LogP contribution in [0.1, 0.15) is 27.8 Å². The van der Waals surface area contributed by atoms with Crippen molar-refractivity contribution in [2.75, 3.05) is 11.4 Å². The van der Waals surface area contributed by atoms with Crippen LogP contribution < -0.4 is 4.90 Å². The minimum absolute atomic E-state index is 0.521. The Morgan fingerprint density at radius 3 is 1.66 bits per heavy atom. The topological polar surface area (TPSA) is 13.1 Å². The third kappa shape index (κ3) is 4.76. The lowest BCUT2D eigenvalue weighted by Crippen LogP contribution is -2.27. The Labute approximate surface area is 371 Å². The van der Waals surface area contributed by atoms with Crippen molar-refractivity contribution < 1.29 is 0 Å². The van der Waals surface area contributed by atoms with E-state index in [0.717, 1.165) is 12.1 Å². The highest BCUT2D eigenvalue weighted by Crippen LogP contribution is 2.64. The van der Waals surface area contributed by atoms with Crippen LogP contribution in [-0.4, -0.2) is 15.7 Å². The van der Waals surface area contributed by atoms with Gasteiger partial charge in [0.2, 0.25) is 0 Å². The predicted octanol–water partition coefficient (Wildman–Crippen LogP) is 14.9. The lowest BCUT2D eigenvalue weighted by molar-refractivity contribution is 0.790. The molecule has 3 nitrogen and oxygen atoms in total. The van der Waals surface area contributed by atoms with E-state index in [4.69, 9.17) is 0 Å². The Balaban J connectivity index is 1.04. The molecule has 1 spiro atoms. The lowest BCUT2D eigenvalue weighted by Gasteiger charge is -2.32. The molecular formula is C61H41N3. The molecule has 0 bridgehead atoms. The summed E-state index contributed by atoms with van der Waals surface area (Å²) < 4.78 is 4.90. The van der Waals surface area contributed by atoms with Crippen LogP contribution in [0, 0.1) is 0 Å². The van der Waals surface area contributed by atoms with Crippen LogP contribution in [0.15, 0.2) is 230 Å². The molecule has 0 saturated heterocycles. The van der Waals surface area contributed by atoms with Gasteiger partial charge in [-0.3, -0.25) is 0 Å². The van der Waals surface area contributed by atoms with E-state index in [0.29, 0.717) is 6.54 Å². The summed E-state index contributed by atoms with van der Waals surface area (Å²) in [5.41, 5.74) is 21.1. The first kappa shape index (κ1) is 35.5. The van der Waals surface area contributed by atoms with Gasteiger partial charge in [0.05, 0.1) is 27.5 Å². The molecule has 0 N–H and O–H groups in total. The average Bonchev–Trinajstić information content (AvgIpc) is 4.06. The number of para-hydroxylation sites is 5. The van der Waals surface area contributed by atoms with Gasteiger partial charge in [-0.05, 0) is 123 Å². The van der Waals surface area contributed by atoms with Crippen molar-refractivity contribution >= 4 is 60.6 Å². The summed E-state index contributed by atoms with van der Waals surface area (Å²) in [6, 6.07) is 79.0. The first-order valence-electron chi connectivity index (χ1n) is 22.5. The Hall–Kier alpha value is -8.14.